The molecule has 2 N–H and O–H groups in total. The standard InChI is InChI=1S/C29H34F3N5O3/c1-15(2)37-24(10-11-33-37)27(38)35-26(25(17-4-5-17)18-6-7-18)28(39)34-23-9-8-19(12-20(23)30)16(3)29(40)36-13-21(31)22(32)14-36/h8-12,15-17,21-22,26H,4-7,13-14H2,1-3H3,(H,34,39)(H,35,38)/t16-,21-,22-,26-/m0/s1. The van der Waals surface area contributed by atoms with E-state index in [0.29, 0.717) is 11.3 Å². The molecule has 1 aliphatic heterocycles. The zero-order valence-corrected chi connectivity index (χ0v) is 22.8. The summed E-state index contributed by atoms with van der Waals surface area (Å²) >= 11 is 0. The van der Waals surface area contributed by atoms with Gasteiger partial charge in [0.15, 0.2) is 12.3 Å². The van der Waals surface area contributed by atoms with Gasteiger partial charge in [-0.2, -0.15) is 5.10 Å². The molecule has 0 bridgehead atoms. The molecule has 0 spiro atoms. The maximum Gasteiger partial charge on any atom is 0.270 e. The SMILES string of the molecule is CC(C)n1nccc1C(=O)N[C@H](C(=O)Nc1ccc([C@H](C)C(=O)N2C[C@H](F)[C@@H](F)C2)cc1F)C(=C1CC1)C1CC1. The molecule has 3 fully saturated rings. The van der Waals surface area contributed by atoms with E-state index in [1.54, 1.807) is 17.7 Å². The molecule has 4 atom stereocenters. The summed E-state index contributed by atoms with van der Waals surface area (Å²) in [4.78, 5) is 40.7. The van der Waals surface area contributed by atoms with Crippen molar-refractivity contribution in [2.45, 2.75) is 76.8 Å². The number of halogens is 3. The first-order valence-corrected chi connectivity index (χ1v) is 13.8. The van der Waals surface area contributed by atoms with E-state index in [1.807, 2.05) is 13.8 Å². The third kappa shape index (κ3) is 5.78. The van der Waals surface area contributed by atoms with Crippen LogP contribution in [-0.4, -0.2) is 63.9 Å². The first-order valence-electron chi connectivity index (χ1n) is 13.8. The minimum atomic E-state index is -1.73. The number of carbonyl (C=O) groups excluding carboxylic acids is 3. The molecule has 2 heterocycles. The largest absolute Gasteiger partial charge is 0.336 e. The van der Waals surface area contributed by atoms with Crippen LogP contribution in [0.1, 0.15) is 74.5 Å². The average Bonchev–Trinajstić information content (AvgIpc) is 3.85. The van der Waals surface area contributed by atoms with Gasteiger partial charge in [0.25, 0.3) is 11.8 Å². The van der Waals surface area contributed by atoms with Gasteiger partial charge < -0.3 is 15.5 Å². The van der Waals surface area contributed by atoms with Gasteiger partial charge >= 0.3 is 0 Å². The molecule has 2 aromatic rings. The molecule has 1 aromatic heterocycles. The van der Waals surface area contributed by atoms with Crippen molar-refractivity contribution < 1.29 is 27.6 Å². The van der Waals surface area contributed by atoms with Crippen LogP contribution < -0.4 is 10.6 Å². The van der Waals surface area contributed by atoms with Gasteiger partial charge in [-0.25, -0.2) is 13.2 Å². The molecule has 40 heavy (non-hydrogen) atoms. The summed E-state index contributed by atoms with van der Waals surface area (Å²) < 4.78 is 43.9. The van der Waals surface area contributed by atoms with E-state index in [4.69, 9.17) is 0 Å². The molecule has 1 saturated heterocycles. The Balaban J connectivity index is 1.33. The number of nitrogens with zero attached hydrogens (tertiary/aromatic N) is 3. The zero-order chi connectivity index (χ0) is 28.7. The summed E-state index contributed by atoms with van der Waals surface area (Å²) in [5, 5.41) is 9.71. The zero-order valence-electron chi connectivity index (χ0n) is 22.8. The van der Waals surface area contributed by atoms with Crippen LogP contribution in [0.15, 0.2) is 41.6 Å². The number of anilines is 1. The van der Waals surface area contributed by atoms with E-state index in [0.717, 1.165) is 47.8 Å². The lowest BCUT2D eigenvalue weighted by atomic mass is 9.98. The Morgan fingerprint density at radius 1 is 1.02 bits per heavy atom. The fraction of sp³-hybridized carbons (Fsp3) is 0.517. The molecular formula is C29H34F3N5O3. The van der Waals surface area contributed by atoms with Gasteiger partial charge in [0.05, 0.1) is 24.7 Å². The topological polar surface area (TPSA) is 96.3 Å². The lowest BCUT2D eigenvalue weighted by Crippen LogP contribution is -2.46. The molecule has 3 aliphatic rings. The normalized spacial score (nSPS) is 21.8. The predicted molar refractivity (Wildman–Crippen MR) is 143 cm³/mol. The molecule has 11 heteroatoms. The van der Waals surface area contributed by atoms with Crippen molar-refractivity contribution >= 4 is 23.4 Å². The van der Waals surface area contributed by atoms with E-state index >= 15 is 4.39 Å². The van der Waals surface area contributed by atoms with Crippen LogP contribution >= 0.6 is 0 Å². The molecule has 1 aromatic carbocycles. The Labute approximate surface area is 231 Å². The highest BCUT2D eigenvalue weighted by atomic mass is 19.2. The first-order chi connectivity index (χ1) is 19.0. The third-order valence-electron chi connectivity index (χ3n) is 7.78. The van der Waals surface area contributed by atoms with Gasteiger partial charge in [-0.1, -0.05) is 11.6 Å². The van der Waals surface area contributed by atoms with Crippen LogP contribution in [0.25, 0.3) is 0 Å². The number of hydrogen-bond donors (Lipinski definition) is 2. The fourth-order valence-electron chi connectivity index (χ4n) is 5.30. The highest BCUT2D eigenvalue weighted by molar-refractivity contribution is 6.02. The lowest BCUT2D eigenvalue weighted by Gasteiger charge is -2.23. The fourth-order valence-corrected chi connectivity index (χ4v) is 5.30. The van der Waals surface area contributed by atoms with Crippen LogP contribution in [-0.2, 0) is 9.59 Å². The number of allylic oxidation sites excluding steroid dienone is 1. The van der Waals surface area contributed by atoms with Crippen molar-refractivity contribution in [2.75, 3.05) is 18.4 Å². The van der Waals surface area contributed by atoms with Crippen molar-refractivity contribution in [1.29, 1.82) is 0 Å². The summed E-state index contributed by atoms with van der Waals surface area (Å²) in [6, 6.07) is 4.58. The number of rotatable bonds is 9. The van der Waals surface area contributed by atoms with Gasteiger partial charge in [-0.15, -0.1) is 0 Å². The molecule has 214 valence electrons. The second kappa shape index (κ2) is 11.1. The minimum Gasteiger partial charge on any atom is -0.336 e. The van der Waals surface area contributed by atoms with E-state index < -0.39 is 47.8 Å². The highest BCUT2D eigenvalue weighted by Crippen LogP contribution is 2.46. The predicted octanol–water partition coefficient (Wildman–Crippen LogP) is 4.46. The number of benzene rings is 1. The van der Waals surface area contributed by atoms with E-state index in [-0.39, 0.29) is 30.7 Å². The highest BCUT2D eigenvalue weighted by Gasteiger charge is 2.41. The monoisotopic (exact) mass is 557 g/mol. The van der Waals surface area contributed by atoms with Crippen LogP contribution in [0.3, 0.4) is 0 Å². The van der Waals surface area contributed by atoms with Gasteiger partial charge in [0.1, 0.15) is 17.6 Å². The second-order valence-electron chi connectivity index (χ2n) is 11.2. The van der Waals surface area contributed by atoms with Crippen LogP contribution in [0.5, 0.6) is 0 Å². The van der Waals surface area contributed by atoms with E-state index in [9.17, 15) is 23.2 Å². The Hall–Kier alpha value is -3.63. The van der Waals surface area contributed by atoms with Crippen LogP contribution in [0, 0.1) is 11.7 Å². The van der Waals surface area contributed by atoms with Crippen molar-refractivity contribution in [3.63, 3.8) is 0 Å². The second-order valence-corrected chi connectivity index (χ2v) is 11.2. The summed E-state index contributed by atoms with van der Waals surface area (Å²) in [6.45, 7) is 4.69. The molecule has 8 nitrogen and oxygen atoms in total. The van der Waals surface area contributed by atoms with E-state index in [2.05, 4.69) is 15.7 Å². The van der Waals surface area contributed by atoms with Crippen LogP contribution in [0.2, 0.25) is 0 Å². The van der Waals surface area contributed by atoms with Gasteiger partial charge in [0, 0.05) is 12.2 Å². The Bertz CT molecular complexity index is 1340. The summed E-state index contributed by atoms with van der Waals surface area (Å²) in [5.41, 5.74) is 2.61. The number of amides is 3. The van der Waals surface area contributed by atoms with Crippen molar-refractivity contribution in [3.8, 4) is 0 Å². The summed E-state index contributed by atoms with van der Waals surface area (Å²) in [5.74, 6) is -2.86. The Kier molecular flexibility index (Phi) is 7.74. The Morgan fingerprint density at radius 3 is 2.27 bits per heavy atom. The summed E-state index contributed by atoms with van der Waals surface area (Å²) in [7, 11) is 0. The van der Waals surface area contributed by atoms with Gasteiger partial charge in [0.2, 0.25) is 5.91 Å². The van der Waals surface area contributed by atoms with Crippen LogP contribution in [0.4, 0.5) is 18.9 Å². The molecule has 2 aliphatic carbocycles. The number of nitrogens with one attached hydrogen (secondary N) is 2. The minimum absolute atomic E-state index is 0.0585. The first kappa shape index (κ1) is 27.9. The van der Waals surface area contributed by atoms with Crippen molar-refractivity contribution in [3.05, 3.63) is 58.7 Å². The maximum absolute atomic E-state index is 15.2. The molecule has 3 amide bonds. The maximum atomic E-state index is 15.2. The molecular weight excluding hydrogens is 523 g/mol. The lowest BCUT2D eigenvalue weighted by molar-refractivity contribution is -0.131. The third-order valence-corrected chi connectivity index (χ3v) is 7.78. The Morgan fingerprint density at radius 2 is 1.70 bits per heavy atom. The number of alkyl halides is 2. The van der Waals surface area contributed by atoms with Gasteiger partial charge in [-0.05, 0) is 81.7 Å². The van der Waals surface area contributed by atoms with Crippen molar-refractivity contribution in [1.82, 2.24) is 20.0 Å². The van der Waals surface area contributed by atoms with Crippen molar-refractivity contribution in [2.24, 2.45) is 5.92 Å². The number of aromatic nitrogens is 2. The molecule has 0 unspecified atom stereocenters. The molecule has 0 radical (unpaired) electrons. The molecule has 2 saturated carbocycles. The van der Waals surface area contributed by atoms with Gasteiger partial charge in [-0.3, -0.25) is 19.1 Å². The quantitative estimate of drug-likeness (QED) is 0.445. The number of hydrogen-bond acceptors (Lipinski definition) is 4. The smallest absolute Gasteiger partial charge is 0.270 e. The van der Waals surface area contributed by atoms with E-state index in [1.165, 1.54) is 18.3 Å². The summed E-state index contributed by atoms with van der Waals surface area (Å²) in [6.07, 6.45) is 1.68. The number of likely N-dealkylation sites (tertiary alicyclic amines) is 1. The molecule has 5 rings (SSSR count). The number of carbonyl (C=O) groups is 3. The average molecular weight is 558 g/mol.